The summed E-state index contributed by atoms with van der Waals surface area (Å²) in [5.74, 6) is -1.27. The fourth-order valence-electron chi connectivity index (χ4n) is 2.53. The van der Waals surface area contributed by atoms with Gasteiger partial charge < -0.3 is 4.90 Å². The van der Waals surface area contributed by atoms with Gasteiger partial charge in [-0.25, -0.2) is 17.5 Å². The number of nitrogens with zero attached hydrogens (tertiary/aromatic N) is 2. The SMILES string of the molecule is CNS(=O)(=O)c1ccc(F)c(C(=O)N(Cc2ccccn2)C2CC2)c1. The number of carbonyl (C=O) groups is 1. The summed E-state index contributed by atoms with van der Waals surface area (Å²) in [6.07, 6.45) is 3.31. The molecule has 0 bridgehead atoms. The highest BCUT2D eigenvalue weighted by Gasteiger charge is 2.34. The fourth-order valence-corrected chi connectivity index (χ4v) is 3.28. The van der Waals surface area contributed by atoms with Gasteiger partial charge in [0.05, 0.1) is 22.7 Å². The van der Waals surface area contributed by atoms with E-state index in [0.29, 0.717) is 5.69 Å². The number of pyridine rings is 1. The van der Waals surface area contributed by atoms with Crippen LogP contribution in [0.25, 0.3) is 0 Å². The standard InChI is InChI=1S/C17H18FN3O3S/c1-19-25(23,24)14-7-8-16(18)15(10-14)17(22)21(13-5-6-13)11-12-4-2-3-9-20-12/h2-4,7-10,13,19H,5-6,11H2,1H3. The number of nitrogens with one attached hydrogen (secondary N) is 1. The van der Waals surface area contributed by atoms with E-state index in [-0.39, 0.29) is 23.0 Å². The third-order valence-corrected chi connectivity index (χ3v) is 5.47. The van der Waals surface area contributed by atoms with E-state index in [9.17, 15) is 17.6 Å². The van der Waals surface area contributed by atoms with Crippen LogP contribution in [0.5, 0.6) is 0 Å². The number of hydrogen-bond acceptors (Lipinski definition) is 4. The molecule has 1 aromatic heterocycles. The minimum absolute atomic E-state index is 0.0264. The first-order valence-corrected chi connectivity index (χ1v) is 9.34. The highest BCUT2D eigenvalue weighted by atomic mass is 32.2. The van der Waals surface area contributed by atoms with Crippen LogP contribution in [0.4, 0.5) is 4.39 Å². The van der Waals surface area contributed by atoms with E-state index in [0.717, 1.165) is 31.0 Å². The molecule has 1 N–H and O–H groups in total. The summed E-state index contributed by atoms with van der Waals surface area (Å²) in [4.78, 5) is 18.5. The lowest BCUT2D eigenvalue weighted by Gasteiger charge is -2.22. The molecule has 0 spiro atoms. The zero-order chi connectivity index (χ0) is 18.0. The Hall–Kier alpha value is -2.32. The zero-order valence-corrected chi connectivity index (χ0v) is 14.5. The lowest BCUT2D eigenvalue weighted by molar-refractivity contribution is 0.0722. The predicted molar refractivity (Wildman–Crippen MR) is 89.8 cm³/mol. The molecule has 25 heavy (non-hydrogen) atoms. The summed E-state index contributed by atoms with van der Waals surface area (Å²) in [6.45, 7) is 0.257. The second kappa shape index (κ2) is 6.89. The van der Waals surface area contributed by atoms with E-state index < -0.39 is 21.7 Å². The lowest BCUT2D eigenvalue weighted by atomic mass is 10.1. The topological polar surface area (TPSA) is 79.4 Å². The van der Waals surface area contributed by atoms with Gasteiger partial charge in [0.1, 0.15) is 5.82 Å². The maximum absolute atomic E-state index is 14.2. The molecule has 0 radical (unpaired) electrons. The maximum Gasteiger partial charge on any atom is 0.257 e. The number of aromatic nitrogens is 1. The Bertz CT molecular complexity index is 883. The number of benzene rings is 1. The Morgan fingerprint density at radius 1 is 1.32 bits per heavy atom. The smallest absolute Gasteiger partial charge is 0.257 e. The van der Waals surface area contributed by atoms with Gasteiger partial charge in [0.2, 0.25) is 10.0 Å². The van der Waals surface area contributed by atoms with Crippen LogP contribution in [0.1, 0.15) is 28.9 Å². The molecular weight excluding hydrogens is 345 g/mol. The minimum atomic E-state index is -3.76. The van der Waals surface area contributed by atoms with Crippen LogP contribution >= 0.6 is 0 Å². The summed E-state index contributed by atoms with van der Waals surface area (Å²) in [7, 11) is -2.50. The maximum atomic E-state index is 14.2. The number of sulfonamides is 1. The van der Waals surface area contributed by atoms with Crippen molar-refractivity contribution in [1.29, 1.82) is 0 Å². The number of halogens is 1. The molecule has 6 nitrogen and oxygen atoms in total. The molecule has 2 aromatic rings. The molecule has 8 heteroatoms. The summed E-state index contributed by atoms with van der Waals surface area (Å²) in [5, 5.41) is 0. The first-order chi connectivity index (χ1) is 11.9. The van der Waals surface area contributed by atoms with Crippen molar-refractivity contribution in [1.82, 2.24) is 14.6 Å². The van der Waals surface area contributed by atoms with Crippen molar-refractivity contribution in [2.24, 2.45) is 0 Å². The molecular formula is C17H18FN3O3S. The molecule has 0 unspecified atom stereocenters. The number of amides is 1. The molecule has 1 fully saturated rings. The summed E-state index contributed by atoms with van der Waals surface area (Å²) >= 11 is 0. The molecule has 0 atom stereocenters. The molecule has 132 valence electrons. The average Bonchev–Trinajstić information content (AvgIpc) is 3.45. The van der Waals surface area contributed by atoms with Crippen LogP contribution in [0.15, 0.2) is 47.5 Å². The highest BCUT2D eigenvalue weighted by molar-refractivity contribution is 7.89. The summed E-state index contributed by atoms with van der Waals surface area (Å²) in [5.41, 5.74) is 0.446. The van der Waals surface area contributed by atoms with Crippen molar-refractivity contribution < 1.29 is 17.6 Å². The van der Waals surface area contributed by atoms with E-state index in [4.69, 9.17) is 0 Å². The van der Waals surface area contributed by atoms with Crippen LogP contribution < -0.4 is 4.72 Å². The molecule has 1 amide bonds. The first-order valence-electron chi connectivity index (χ1n) is 7.86. The third kappa shape index (κ3) is 3.85. The van der Waals surface area contributed by atoms with E-state index in [1.807, 2.05) is 6.07 Å². The predicted octanol–water partition coefficient (Wildman–Crippen LogP) is 1.93. The van der Waals surface area contributed by atoms with Crippen LogP contribution in [-0.4, -0.2) is 37.3 Å². The summed E-state index contributed by atoms with van der Waals surface area (Å²) < 4.78 is 40.2. The molecule has 1 aliphatic carbocycles. The molecule has 1 aromatic carbocycles. The average molecular weight is 363 g/mol. The Kier molecular flexibility index (Phi) is 4.82. The van der Waals surface area contributed by atoms with Crippen molar-refractivity contribution in [3.63, 3.8) is 0 Å². The van der Waals surface area contributed by atoms with Crippen molar-refractivity contribution in [3.05, 3.63) is 59.7 Å². The van der Waals surface area contributed by atoms with E-state index in [1.165, 1.54) is 7.05 Å². The van der Waals surface area contributed by atoms with Gasteiger partial charge >= 0.3 is 0 Å². The normalized spacial score (nSPS) is 14.3. The van der Waals surface area contributed by atoms with Gasteiger partial charge in [-0.2, -0.15) is 0 Å². The zero-order valence-electron chi connectivity index (χ0n) is 13.6. The quantitative estimate of drug-likeness (QED) is 0.851. The molecule has 1 saturated carbocycles. The summed E-state index contributed by atoms with van der Waals surface area (Å²) in [6, 6.07) is 8.63. The molecule has 3 rings (SSSR count). The lowest BCUT2D eigenvalue weighted by Crippen LogP contribution is -2.33. The van der Waals surface area contributed by atoms with Gasteiger partial charge in [0.15, 0.2) is 0 Å². The number of rotatable bonds is 6. The fraction of sp³-hybridized carbons (Fsp3) is 0.294. The van der Waals surface area contributed by atoms with Crippen molar-refractivity contribution >= 4 is 15.9 Å². The van der Waals surface area contributed by atoms with Gasteiger partial charge in [-0.3, -0.25) is 9.78 Å². The van der Waals surface area contributed by atoms with Crippen LogP contribution in [0, 0.1) is 5.82 Å². The van der Waals surface area contributed by atoms with Gasteiger partial charge in [0.25, 0.3) is 5.91 Å². The van der Waals surface area contributed by atoms with E-state index in [1.54, 1.807) is 23.2 Å². The highest BCUT2D eigenvalue weighted by Crippen LogP contribution is 2.30. The Morgan fingerprint density at radius 3 is 2.68 bits per heavy atom. The largest absolute Gasteiger partial charge is 0.330 e. The van der Waals surface area contributed by atoms with Crippen molar-refractivity contribution in [2.75, 3.05) is 7.05 Å². The van der Waals surface area contributed by atoms with E-state index >= 15 is 0 Å². The van der Waals surface area contributed by atoms with Crippen LogP contribution in [0.3, 0.4) is 0 Å². The molecule has 1 aliphatic rings. The second-order valence-electron chi connectivity index (χ2n) is 5.83. The third-order valence-electron chi connectivity index (χ3n) is 4.05. The monoisotopic (exact) mass is 363 g/mol. The number of carbonyl (C=O) groups excluding carboxylic acids is 1. The Balaban J connectivity index is 1.93. The first kappa shape index (κ1) is 17.5. The van der Waals surface area contributed by atoms with Gasteiger partial charge in [-0.15, -0.1) is 0 Å². The molecule has 0 saturated heterocycles. The van der Waals surface area contributed by atoms with Crippen molar-refractivity contribution in [3.8, 4) is 0 Å². The molecule has 1 heterocycles. The number of hydrogen-bond donors (Lipinski definition) is 1. The Labute approximate surface area is 145 Å². The van der Waals surface area contributed by atoms with Crippen LogP contribution in [0.2, 0.25) is 0 Å². The van der Waals surface area contributed by atoms with Crippen molar-refractivity contribution in [2.45, 2.75) is 30.3 Å². The van der Waals surface area contributed by atoms with Gasteiger partial charge in [-0.1, -0.05) is 6.07 Å². The van der Waals surface area contributed by atoms with Crippen LogP contribution in [-0.2, 0) is 16.6 Å². The van der Waals surface area contributed by atoms with Gasteiger partial charge in [0, 0.05) is 12.2 Å². The Morgan fingerprint density at radius 2 is 2.08 bits per heavy atom. The van der Waals surface area contributed by atoms with E-state index in [2.05, 4.69) is 9.71 Å². The molecule has 0 aliphatic heterocycles. The van der Waals surface area contributed by atoms with Gasteiger partial charge in [-0.05, 0) is 50.2 Å². The second-order valence-corrected chi connectivity index (χ2v) is 7.72. The minimum Gasteiger partial charge on any atom is -0.330 e.